The molecule has 1 unspecified atom stereocenters. The normalized spacial score (nSPS) is 19.7. The molecular formula is C14H25IN4S. The van der Waals surface area contributed by atoms with Crippen molar-refractivity contribution in [2.24, 2.45) is 10.9 Å². The van der Waals surface area contributed by atoms with Gasteiger partial charge in [0.15, 0.2) is 5.96 Å². The van der Waals surface area contributed by atoms with Crippen LogP contribution in [0.15, 0.2) is 22.5 Å². The fourth-order valence-corrected chi connectivity index (χ4v) is 3.12. The Morgan fingerprint density at radius 1 is 1.50 bits per heavy atom. The molecule has 1 aliphatic rings. The Kier molecular flexibility index (Phi) is 8.47. The molecule has 2 heterocycles. The van der Waals surface area contributed by atoms with E-state index < -0.39 is 0 Å². The van der Waals surface area contributed by atoms with Gasteiger partial charge in [-0.25, -0.2) is 0 Å². The largest absolute Gasteiger partial charge is 0.356 e. The van der Waals surface area contributed by atoms with Gasteiger partial charge >= 0.3 is 0 Å². The van der Waals surface area contributed by atoms with Crippen LogP contribution in [-0.4, -0.2) is 51.1 Å². The summed E-state index contributed by atoms with van der Waals surface area (Å²) in [5.74, 6) is 1.67. The lowest BCUT2D eigenvalue weighted by molar-refractivity contribution is 0.394. The molecule has 2 rings (SSSR count). The van der Waals surface area contributed by atoms with E-state index in [1.165, 1.54) is 24.4 Å². The van der Waals surface area contributed by atoms with E-state index in [0.29, 0.717) is 0 Å². The van der Waals surface area contributed by atoms with E-state index in [1.54, 1.807) is 0 Å². The Hall–Kier alpha value is -0.340. The number of thiophene rings is 1. The molecule has 4 nitrogen and oxygen atoms in total. The molecule has 0 radical (unpaired) electrons. The third-order valence-corrected chi connectivity index (χ3v) is 4.45. The molecule has 1 aromatic rings. The number of nitrogens with zero attached hydrogens (tertiary/aromatic N) is 2. The van der Waals surface area contributed by atoms with E-state index in [9.17, 15) is 0 Å². The molecule has 1 fully saturated rings. The zero-order valence-electron chi connectivity index (χ0n) is 12.3. The van der Waals surface area contributed by atoms with Gasteiger partial charge in [-0.15, -0.1) is 35.3 Å². The molecule has 0 bridgehead atoms. The third kappa shape index (κ3) is 5.97. The van der Waals surface area contributed by atoms with Crippen LogP contribution in [0.2, 0.25) is 0 Å². The molecule has 20 heavy (non-hydrogen) atoms. The van der Waals surface area contributed by atoms with Gasteiger partial charge in [0, 0.05) is 31.6 Å². The first-order valence-corrected chi connectivity index (χ1v) is 7.81. The van der Waals surface area contributed by atoms with Gasteiger partial charge in [0.05, 0.1) is 0 Å². The molecule has 0 spiro atoms. The summed E-state index contributed by atoms with van der Waals surface area (Å²) < 4.78 is 0. The fourth-order valence-electron chi connectivity index (χ4n) is 2.41. The van der Waals surface area contributed by atoms with Crippen molar-refractivity contribution in [1.29, 1.82) is 0 Å². The molecule has 2 N–H and O–H groups in total. The quantitative estimate of drug-likeness (QED) is 0.445. The van der Waals surface area contributed by atoms with Crippen molar-refractivity contribution in [2.45, 2.75) is 12.8 Å². The average Bonchev–Trinajstić information content (AvgIpc) is 3.05. The molecule has 114 valence electrons. The van der Waals surface area contributed by atoms with Crippen LogP contribution in [-0.2, 0) is 6.42 Å². The Balaban J connectivity index is 0.00000200. The maximum Gasteiger partial charge on any atom is 0.190 e. The van der Waals surface area contributed by atoms with Crippen LogP contribution in [0, 0.1) is 5.92 Å². The second-order valence-electron chi connectivity index (χ2n) is 5.13. The SMILES string of the molecule is CN=C(NCCc1cccs1)NCC1CCN(C)C1.I. The lowest BCUT2D eigenvalue weighted by Crippen LogP contribution is -2.40. The predicted octanol–water partition coefficient (Wildman–Crippen LogP) is 2.03. The summed E-state index contributed by atoms with van der Waals surface area (Å²) in [7, 11) is 4.02. The minimum Gasteiger partial charge on any atom is -0.356 e. The van der Waals surface area contributed by atoms with E-state index in [1.807, 2.05) is 18.4 Å². The van der Waals surface area contributed by atoms with E-state index in [-0.39, 0.29) is 24.0 Å². The Morgan fingerprint density at radius 3 is 2.95 bits per heavy atom. The van der Waals surface area contributed by atoms with E-state index in [0.717, 1.165) is 31.4 Å². The minimum absolute atomic E-state index is 0. The molecule has 6 heteroatoms. The first-order chi connectivity index (χ1) is 9.28. The van der Waals surface area contributed by atoms with Crippen LogP contribution in [0.4, 0.5) is 0 Å². The summed E-state index contributed by atoms with van der Waals surface area (Å²) in [6.07, 6.45) is 2.35. The topological polar surface area (TPSA) is 39.7 Å². The molecular weight excluding hydrogens is 383 g/mol. The molecule has 0 amide bonds. The Bertz CT molecular complexity index is 394. The zero-order valence-corrected chi connectivity index (χ0v) is 15.4. The van der Waals surface area contributed by atoms with Crippen molar-refractivity contribution < 1.29 is 0 Å². The van der Waals surface area contributed by atoms with Gasteiger partial charge in [0.2, 0.25) is 0 Å². The molecule has 1 saturated heterocycles. The Labute approximate surface area is 143 Å². The number of hydrogen-bond acceptors (Lipinski definition) is 3. The van der Waals surface area contributed by atoms with Crippen LogP contribution in [0.25, 0.3) is 0 Å². The van der Waals surface area contributed by atoms with E-state index in [2.05, 4.69) is 45.1 Å². The van der Waals surface area contributed by atoms with E-state index in [4.69, 9.17) is 0 Å². The summed E-state index contributed by atoms with van der Waals surface area (Å²) in [4.78, 5) is 8.08. The number of guanidine groups is 1. The van der Waals surface area contributed by atoms with Gasteiger partial charge in [-0.3, -0.25) is 4.99 Å². The summed E-state index contributed by atoms with van der Waals surface area (Å²) in [6, 6.07) is 4.28. The fraction of sp³-hybridized carbons (Fsp3) is 0.643. The van der Waals surface area contributed by atoms with Crippen LogP contribution in [0.1, 0.15) is 11.3 Å². The van der Waals surface area contributed by atoms with Crippen molar-refractivity contribution in [3.63, 3.8) is 0 Å². The van der Waals surface area contributed by atoms with Gasteiger partial charge in [-0.2, -0.15) is 0 Å². The lowest BCUT2D eigenvalue weighted by Gasteiger charge is -2.15. The molecule has 1 atom stereocenters. The van der Waals surface area contributed by atoms with Crippen molar-refractivity contribution in [3.05, 3.63) is 22.4 Å². The van der Waals surface area contributed by atoms with Crippen LogP contribution < -0.4 is 10.6 Å². The van der Waals surface area contributed by atoms with Gasteiger partial charge in [0.1, 0.15) is 0 Å². The molecule has 1 aromatic heterocycles. The smallest absolute Gasteiger partial charge is 0.190 e. The summed E-state index contributed by atoms with van der Waals surface area (Å²) in [6.45, 7) is 4.36. The van der Waals surface area contributed by atoms with Gasteiger partial charge in [-0.1, -0.05) is 6.07 Å². The number of halogens is 1. The highest BCUT2D eigenvalue weighted by molar-refractivity contribution is 14.0. The highest BCUT2D eigenvalue weighted by atomic mass is 127. The number of nitrogens with one attached hydrogen (secondary N) is 2. The van der Waals surface area contributed by atoms with Crippen molar-refractivity contribution >= 4 is 41.3 Å². The minimum atomic E-state index is 0. The number of hydrogen-bond donors (Lipinski definition) is 2. The molecule has 0 aliphatic carbocycles. The highest BCUT2D eigenvalue weighted by Gasteiger charge is 2.19. The second kappa shape index (κ2) is 9.57. The highest BCUT2D eigenvalue weighted by Crippen LogP contribution is 2.12. The number of likely N-dealkylation sites (tertiary alicyclic amines) is 1. The van der Waals surface area contributed by atoms with Crippen LogP contribution in [0.5, 0.6) is 0 Å². The van der Waals surface area contributed by atoms with Crippen molar-refractivity contribution in [3.8, 4) is 0 Å². The van der Waals surface area contributed by atoms with Gasteiger partial charge in [-0.05, 0) is 43.8 Å². The van der Waals surface area contributed by atoms with Crippen molar-refractivity contribution in [1.82, 2.24) is 15.5 Å². The van der Waals surface area contributed by atoms with Gasteiger partial charge in [0.25, 0.3) is 0 Å². The number of aliphatic imine (C=N–C) groups is 1. The van der Waals surface area contributed by atoms with Crippen molar-refractivity contribution in [2.75, 3.05) is 40.3 Å². The summed E-state index contributed by atoms with van der Waals surface area (Å²) >= 11 is 1.81. The Morgan fingerprint density at radius 2 is 2.35 bits per heavy atom. The number of rotatable bonds is 5. The first-order valence-electron chi connectivity index (χ1n) is 6.93. The lowest BCUT2D eigenvalue weighted by atomic mass is 10.1. The maximum atomic E-state index is 4.27. The van der Waals surface area contributed by atoms with Crippen LogP contribution in [0.3, 0.4) is 0 Å². The van der Waals surface area contributed by atoms with Crippen LogP contribution >= 0.6 is 35.3 Å². The monoisotopic (exact) mass is 408 g/mol. The summed E-state index contributed by atoms with van der Waals surface area (Å²) in [5.41, 5.74) is 0. The van der Waals surface area contributed by atoms with Gasteiger partial charge < -0.3 is 15.5 Å². The average molecular weight is 408 g/mol. The molecule has 0 aromatic carbocycles. The first kappa shape index (κ1) is 17.7. The van der Waals surface area contributed by atoms with E-state index >= 15 is 0 Å². The predicted molar refractivity (Wildman–Crippen MR) is 98.4 cm³/mol. The third-order valence-electron chi connectivity index (χ3n) is 3.51. The second-order valence-corrected chi connectivity index (χ2v) is 6.16. The molecule has 0 saturated carbocycles. The molecule has 1 aliphatic heterocycles. The zero-order chi connectivity index (χ0) is 13.5. The standard InChI is InChI=1S/C14H24N4S.HI/c1-15-14(16-7-5-13-4-3-9-19-13)17-10-12-6-8-18(2)11-12;/h3-4,9,12H,5-8,10-11H2,1-2H3,(H2,15,16,17);1H. The summed E-state index contributed by atoms with van der Waals surface area (Å²) in [5, 5.41) is 8.93. The maximum absolute atomic E-state index is 4.27.